The van der Waals surface area contributed by atoms with Gasteiger partial charge in [0.15, 0.2) is 0 Å². The zero-order chi connectivity index (χ0) is 17.8. The van der Waals surface area contributed by atoms with Crippen LogP contribution in [-0.2, 0) is 16.1 Å². The fraction of sp³-hybridized carbons (Fsp3) is 0.789. The van der Waals surface area contributed by atoms with Crippen molar-refractivity contribution in [3.8, 4) is 0 Å². The highest BCUT2D eigenvalue weighted by atomic mass is 32.1. The summed E-state index contributed by atoms with van der Waals surface area (Å²) >= 11 is 1.75. The van der Waals surface area contributed by atoms with E-state index in [0.717, 1.165) is 58.7 Å². The summed E-state index contributed by atoms with van der Waals surface area (Å²) in [5.41, 5.74) is 0. The van der Waals surface area contributed by atoms with Crippen LogP contribution in [0.1, 0.15) is 30.7 Å². The number of ether oxygens (including phenoxy) is 1. The van der Waals surface area contributed by atoms with Crippen LogP contribution in [-0.4, -0.2) is 84.1 Å². The molecule has 4 rings (SSSR count). The lowest BCUT2D eigenvalue weighted by Crippen LogP contribution is -2.52. The van der Waals surface area contributed by atoms with E-state index >= 15 is 0 Å². The summed E-state index contributed by atoms with van der Waals surface area (Å²) in [6, 6.07) is 0.642. The van der Waals surface area contributed by atoms with Crippen molar-refractivity contribution in [1.82, 2.24) is 19.7 Å². The minimum absolute atomic E-state index is 0.190. The third-order valence-corrected chi connectivity index (χ3v) is 6.81. The molecule has 0 unspecified atom stereocenters. The first kappa shape index (κ1) is 18.3. The van der Waals surface area contributed by atoms with Crippen LogP contribution in [0.3, 0.4) is 0 Å². The number of morpholine rings is 1. The van der Waals surface area contributed by atoms with E-state index in [4.69, 9.17) is 4.74 Å². The Morgan fingerprint density at radius 3 is 2.69 bits per heavy atom. The fourth-order valence-electron chi connectivity index (χ4n) is 4.55. The predicted molar refractivity (Wildman–Crippen MR) is 102 cm³/mol. The van der Waals surface area contributed by atoms with E-state index in [0.29, 0.717) is 25.2 Å². The Labute approximate surface area is 160 Å². The van der Waals surface area contributed by atoms with E-state index in [1.807, 2.05) is 11.1 Å². The van der Waals surface area contributed by atoms with Gasteiger partial charge in [-0.3, -0.25) is 14.6 Å². The molecule has 0 aromatic carbocycles. The molecule has 0 N–H and O–H groups in total. The van der Waals surface area contributed by atoms with Crippen LogP contribution in [0.2, 0.25) is 0 Å². The molecule has 7 heteroatoms. The summed E-state index contributed by atoms with van der Waals surface area (Å²) in [4.78, 5) is 24.4. The lowest BCUT2D eigenvalue weighted by molar-refractivity contribution is -0.142. The van der Waals surface area contributed by atoms with Gasteiger partial charge in [0.2, 0.25) is 5.91 Å². The van der Waals surface area contributed by atoms with Gasteiger partial charge in [-0.05, 0) is 32.2 Å². The smallest absolute Gasteiger partial charge is 0.227 e. The van der Waals surface area contributed by atoms with Crippen LogP contribution >= 0.6 is 11.3 Å². The molecule has 0 saturated carbocycles. The van der Waals surface area contributed by atoms with Crippen molar-refractivity contribution in [3.63, 3.8) is 0 Å². The number of nitrogens with zero attached hydrogens (tertiary/aromatic N) is 4. The minimum atomic E-state index is 0.190. The Kier molecular flexibility index (Phi) is 6.20. The Bertz CT molecular complexity index is 568. The maximum absolute atomic E-state index is 12.8. The van der Waals surface area contributed by atoms with Gasteiger partial charge in [0, 0.05) is 50.3 Å². The Hall–Kier alpha value is -1.02. The van der Waals surface area contributed by atoms with Crippen molar-refractivity contribution in [1.29, 1.82) is 0 Å². The molecule has 1 amide bonds. The van der Waals surface area contributed by atoms with Crippen molar-refractivity contribution >= 4 is 17.2 Å². The number of carbonyl (C=O) groups is 1. The highest BCUT2D eigenvalue weighted by Gasteiger charge is 2.33. The lowest BCUT2D eigenvalue weighted by atomic mass is 9.92. The molecule has 3 saturated heterocycles. The van der Waals surface area contributed by atoms with Crippen LogP contribution in [0.15, 0.2) is 11.6 Å². The van der Waals surface area contributed by atoms with E-state index in [9.17, 15) is 4.79 Å². The number of hydrogen-bond donors (Lipinski definition) is 0. The molecule has 3 aliphatic heterocycles. The van der Waals surface area contributed by atoms with Crippen LogP contribution in [0, 0.1) is 5.92 Å². The molecule has 3 fully saturated rings. The highest BCUT2D eigenvalue weighted by molar-refractivity contribution is 7.09. The van der Waals surface area contributed by atoms with E-state index in [2.05, 4.69) is 20.2 Å². The van der Waals surface area contributed by atoms with Crippen molar-refractivity contribution < 1.29 is 9.53 Å². The van der Waals surface area contributed by atoms with Crippen molar-refractivity contribution in [2.45, 2.75) is 38.3 Å². The van der Waals surface area contributed by atoms with Gasteiger partial charge >= 0.3 is 0 Å². The second-order valence-corrected chi connectivity index (χ2v) is 8.68. The largest absolute Gasteiger partial charge is 0.378 e. The molecule has 1 atom stereocenters. The van der Waals surface area contributed by atoms with Gasteiger partial charge < -0.3 is 9.64 Å². The number of aromatic nitrogens is 1. The summed E-state index contributed by atoms with van der Waals surface area (Å²) in [6.07, 6.45) is 6.52. The van der Waals surface area contributed by atoms with E-state index in [1.54, 1.807) is 11.3 Å². The third kappa shape index (κ3) is 4.44. The zero-order valence-corrected chi connectivity index (χ0v) is 16.3. The number of carbonyl (C=O) groups excluding carboxylic acids is 1. The second kappa shape index (κ2) is 8.78. The summed E-state index contributed by atoms with van der Waals surface area (Å²) in [5.74, 6) is 0.550. The first-order chi connectivity index (χ1) is 12.8. The molecule has 1 aromatic heterocycles. The summed E-state index contributed by atoms with van der Waals surface area (Å²) in [7, 11) is 0. The molecule has 6 nitrogen and oxygen atoms in total. The van der Waals surface area contributed by atoms with Gasteiger partial charge in [-0.2, -0.15) is 0 Å². The molecule has 0 aliphatic carbocycles. The topological polar surface area (TPSA) is 48.9 Å². The molecule has 0 bridgehead atoms. The molecule has 1 aromatic rings. The molecule has 0 radical (unpaired) electrons. The molecular weight excluding hydrogens is 348 g/mol. The van der Waals surface area contributed by atoms with Gasteiger partial charge in [0.25, 0.3) is 0 Å². The first-order valence-electron chi connectivity index (χ1n) is 10.0. The molecule has 26 heavy (non-hydrogen) atoms. The fourth-order valence-corrected chi connectivity index (χ4v) is 5.20. The monoisotopic (exact) mass is 378 g/mol. The van der Waals surface area contributed by atoms with Crippen LogP contribution in [0.25, 0.3) is 0 Å². The Morgan fingerprint density at radius 1 is 1.15 bits per heavy atom. The molecular formula is C19H30N4O2S. The Morgan fingerprint density at radius 2 is 1.96 bits per heavy atom. The highest BCUT2D eigenvalue weighted by Crippen LogP contribution is 2.26. The standard InChI is InChI=1S/C19H30N4O2S/c24-19(22-9-11-25-12-10-22)16-2-1-6-23(14-16)17-3-7-21(8-4-17)15-18-20-5-13-26-18/h5,13,16-17H,1-4,6-12,14-15H2/t16-/m0/s1. The maximum Gasteiger partial charge on any atom is 0.227 e. The van der Waals surface area contributed by atoms with Crippen molar-refractivity contribution in [2.75, 3.05) is 52.5 Å². The number of piperidine rings is 2. The zero-order valence-electron chi connectivity index (χ0n) is 15.5. The van der Waals surface area contributed by atoms with Crippen molar-refractivity contribution in [3.05, 3.63) is 16.6 Å². The van der Waals surface area contributed by atoms with Crippen LogP contribution in [0.4, 0.5) is 0 Å². The van der Waals surface area contributed by atoms with E-state index in [-0.39, 0.29) is 5.92 Å². The van der Waals surface area contributed by atoms with Crippen LogP contribution < -0.4 is 0 Å². The van der Waals surface area contributed by atoms with Crippen LogP contribution in [0.5, 0.6) is 0 Å². The maximum atomic E-state index is 12.8. The normalized spacial score (nSPS) is 26.9. The van der Waals surface area contributed by atoms with Gasteiger partial charge in [0.05, 0.1) is 25.7 Å². The second-order valence-electron chi connectivity index (χ2n) is 7.70. The predicted octanol–water partition coefficient (Wildman–Crippen LogP) is 1.68. The van der Waals surface area contributed by atoms with Gasteiger partial charge in [-0.25, -0.2) is 4.98 Å². The number of likely N-dealkylation sites (tertiary alicyclic amines) is 2. The average Bonchev–Trinajstić information content (AvgIpc) is 3.22. The SMILES string of the molecule is O=C([C@H]1CCCN(C2CCN(Cc3nccs3)CC2)C1)N1CCOCC1. The summed E-state index contributed by atoms with van der Waals surface area (Å²) in [5, 5.41) is 3.28. The van der Waals surface area contributed by atoms with Crippen molar-refractivity contribution in [2.24, 2.45) is 5.92 Å². The summed E-state index contributed by atoms with van der Waals surface area (Å²) in [6.45, 7) is 8.31. The lowest BCUT2D eigenvalue weighted by Gasteiger charge is -2.43. The number of hydrogen-bond acceptors (Lipinski definition) is 6. The average molecular weight is 379 g/mol. The third-order valence-electron chi connectivity index (χ3n) is 6.04. The molecule has 4 heterocycles. The Balaban J connectivity index is 1.26. The van der Waals surface area contributed by atoms with E-state index in [1.165, 1.54) is 17.8 Å². The van der Waals surface area contributed by atoms with E-state index < -0.39 is 0 Å². The van der Waals surface area contributed by atoms with Gasteiger partial charge in [0.1, 0.15) is 5.01 Å². The minimum Gasteiger partial charge on any atom is -0.378 e. The van der Waals surface area contributed by atoms with Gasteiger partial charge in [-0.1, -0.05) is 0 Å². The molecule has 0 spiro atoms. The molecule has 3 aliphatic rings. The van der Waals surface area contributed by atoms with Gasteiger partial charge in [-0.15, -0.1) is 11.3 Å². The quantitative estimate of drug-likeness (QED) is 0.798. The molecule has 144 valence electrons. The number of thiazole rings is 1. The summed E-state index contributed by atoms with van der Waals surface area (Å²) < 4.78 is 5.39. The first-order valence-corrected chi connectivity index (χ1v) is 10.9. The number of amides is 1. The number of rotatable bonds is 4.